The van der Waals surface area contributed by atoms with Crippen molar-refractivity contribution >= 4 is 27.7 Å². The van der Waals surface area contributed by atoms with Crippen molar-refractivity contribution in [1.82, 2.24) is 0 Å². The van der Waals surface area contributed by atoms with Crippen molar-refractivity contribution in [2.24, 2.45) is 5.41 Å². The van der Waals surface area contributed by atoms with Crippen LogP contribution in [0.15, 0.2) is 11.6 Å². The van der Waals surface area contributed by atoms with Crippen molar-refractivity contribution in [2.75, 3.05) is 5.33 Å². The minimum atomic E-state index is -1.17. The topological polar surface area (TPSA) is 54.4 Å². The van der Waals surface area contributed by atoms with Gasteiger partial charge in [0, 0.05) is 0 Å². The molecule has 0 amide bonds. The van der Waals surface area contributed by atoms with Gasteiger partial charge in [-0.15, -0.1) is 0 Å². The number of allylic oxidation sites excluding steroid dienone is 1. The Hall–Kier alpha value is -0.640. The Kier molecular flexibility index (Phi) is 4.33. The van der Waals surface area contributed by atoms with E-state index in [4.69, 9.17) is 5.11 Å². The molecule has 0 aliphatic carbocycles. The molecule has 1 N–H and O–H groups in total. The zero-order valence-corrected chi connectivity index (χ0v) is 9.51. The van der Waals surface area contributed by atoms with Crippen molar-refractivity contribution in [2.45, 2.75) is 20.8 Å². The van der Waals surface area contributed by atoms with E-state index in [9.17, 15) is 9.59 Å². The molecular weight excluding hydrogens is 236 g/mol. The Morgan fingerprint density at radius 2 is 1.85 bits per heavy atom. The molecule has 74 valence electrons. The minimum Gasteiger partial charge on any atom is -0.478 e. The third-order valence-electron chi connectivity index (χ3n) is 1.23. The van der Waals surface area contributed by atoms with Crippen molar-refractivity contribution in [3.63, 3.8) is 0 Å². The number of carboxylic acids is 1. The van der Waals surface area contributed by atoms with E-state index in [0.717, 1.165) is 0 Å². The standard InChI is InChI=1S/C9H13BrO3/c1-9(2,3)4-6(8(12)13)7(11)5-10/h4H,5H2,1-3H3,(H,12,13)/b6-4-. The maximum atomic E-state index is 11.1. The first-order chi connectivity index (χ1) is 5.78. The first-order valence-electron chi connectivity index (χ1n) is 3.83. The molecule has 0 saturated heterocycles. The maximum absolute atomic E-state index is 11.1. The number of alkyl halides is 1. The first kappa shape index (κ1) is 12.4. The summed E-state index contributed by atoms with van der Waals surface area (Å²) in [4.78, 5) is 21.8. The van der Waals surface area contributed by atoms with Gasteiger partial charge in [-0.05, 0) is 5.41 Å². The highest BCUT2D eigenvalue weighted by atomic mass is 79.9. The minimum absolute atomic E-state index is 0.0429. The zero-order valence-electron chi connectivity index (χ0n) is 7.93. The molecular formula is C9H13BrO3. The molecule has 0 spiro atoms. The average Bonchev–Trinajstić information content (AvgIpc) is 1.96. The SMILES string of the molecule is CC(C)(C)/C=C(\C(=O)O)C(=O)CBr. The number of aliphatic carboxylic acids is 1. The van der Waals surface area contributed by atoms with Crippen molar-refractivity contribution in [1.29, 1.82) is 0 Å². The quantitative estimate of drug-likeness (QED) is 0.360. The van der Waals surface area contributed by atoms with Gasteiger partial charge in [-0.1, -0.05) is 42.8 Å². The summed E-state index contributed by atoms with van der Waals surface area (Å²) in [5.74, 6) is -1.57. The van der Waals surface area contributed by atoms with Gasteiger partial charge in [0.15, 0.2) is 5.78 Å². The number of carbonyl (C=O) groups is 2. The second kappa shape index (κ2) is 4.56. The van der Waals surface area contributed by atoms with Crippen LogP contribution in [0.4, 0.5) is 0 Å². The van der Waals surface area contributed by atoms with E-state index in [1.165, 1.54) is 6.08 Å². The molecule has 0 rings (SSSR count). The largest absolute Gasteiger partial charge is 0.478 e. The lowest BCUT2D eigenvalue weighted by atomic mass is 9.92. The second-order valence-electron chi connectivity index (χ2n) is 3.79. The van der Waals surface area contributed by atoms with Crippen LogP contribution >= 0.6 is 15.9 Å². The van der Waals surface area contributed by atoms with Crippen LogP contribution in [-0.4, -0.2) is 22.2 Å². The lowest BCUT2D eigenvalue weighted by Gasteiger charge is -2.13. The molecule has 0 radical (unpaired) electrons. The summed E-state index contributed by atoms with van der Waals surface area (Å²) in [5.41, 5.74) is -0.449. The highest BCUT2D eigenvalue weighted by Gasteiger charge is 2.19. The Labute approximate surface area is 86.0 Å². The number of carboxylic acid groups (broad SMARTS) is 1. The van der Waals surface area contributed by atoms with E-state index in [0.29, 0.717) is 0 Å². The van der Waals surface area contributed by atoms with Gasteiger partial charge >= 0.3 is 5.97 Å². The normalized spacial score (nSPS) is 12.8. The van der Waals surface area contributed by atoms with E-state index in [2.05, 4.69) is 15.9 Å². The Balaban J connectivity index is 4.93. The molecule has 0 heterocycles. The molecule has 0 aromatic carbocycles. The van der Waals surface area contributed by atoms with Crippen molar-refractivity contribution in [3.8, 4) is 0 Å². The summed E-state index contributed by atoms with van der Waals surface area (Å²) < 4.78 is 0. The molecule has 0 aromatic heterocycles. The van der Waals surface area contributed by atoms with Crippen LogP contribution in [0.5, 0.6) is 0 Å². The second-order valence-corrected chi connectivity index (χ2v) is 4.35. The average molecular weight is 249 g/mol. The number of ketones is 1. The summed E-state index contributed by atoms with van der Waals surface area (Å²) >= 11 is 2.94. The number of hydrogen-bond acceptors (Lipinski definition) is 2. The van der Waals surface area contributed by atoms with Crippen LogP contribution in [0.2, 0.25) is 0 Å². The van der Waals surface area contributed by atoms with Gasteiger partial charge in [0.1, 0.15) is 0 Å². The van der Waals surface area contributed by atoms with Crippen molar-refractivity contribution < 1.29 is 14.7 Å². The predicted molar refractivity (Wildman–Crippen MR) is 54.0 cm³/mol. The fourth-order valence-electron chi connectivity index (χ4n) is 0.766. The number of halogens is 1. The van der Waals surface area contributed by atoms with Crippen LogP contribution < -0.4 is 0 Å². The predicted octanol–water partition coefficient (Wildman–Crippen LogP) is 2.01. The fraction of sp³-hybridized carbons (Fsp3) is 0.556. The lowest BCUT2D eigenvalue weighted by molar-refractivity contribution is -0.134. The number of carbonyl (C=O) groups excluding carboxylic acids is 1. The molecule has 4 heteroatoms. The van der Waals surface area contributed by atoms with Crippen LogP contribution in [0.1, 0.15) is 20.8 Å². The highest BCUT2D eigenvalue weighted by Crippen LogP contribution is 2.18. The summed E-state index contributed by atoms with van der Waals surface area (Å²) in [5, 5.41) is 8.77. The van der Waals surface area contributed by atoms with E-state index in [1.807, 2.05) is 20.8 Å². The van der Waals surface area contributed by atoms with Crippen LogP contribution in [0.3, 0.4) is 0 Å². The van der Waals surface area contributed by atoms with Gasteiger partial charge in [0.2, 0.25) is 0 Å². The molecule has 13 heavy (non-hydrogen) atoms. The summed E-state index contributed by atoms with van der Waals surface area (Å²) in [6.45, 7) is 5.53. The summed E-state index contributed by atoms with van der Waals surface area (Å²) in [6, 6.07) is 0. The fourth-order valence-corrected chi connectivity index (χ4v) is 1.07. The van der Waals surface area contributed by atoms with Gasteiger partial charge in [-0.25, -0.2) is 4.79 Å². The Bertz CT molecular complexity index is 248. The van der Waals surface area contributed by atoms with E-state index >= 15 is 0 Å². The highest BCUT2D eigenvalue weighted by molar-refractivity contribution is 9.09. The smallest absolute Gasteiger partial charge is 0.339 e. The molecule has 0 aliphatic heterocycles. The Morgan fingerprint density at radius 3 is 2.08 bits per heavy atom. The van der Waals surface area contributed by atoms with Gasteiger partial charge < -0.3 is 5.11 Å². The van der Waals surface area contributed by atoms with E-state index in [-0.39, 0.29) is 16.3 Å². The number of Topliss-reactive ketones (excluding diaryl/α,β-unsaturated/α-hetero) is 1. The van der Waals surface area contributed by atoms with Crippen LogP contribution in [0.25, 0.3) is 0 Å². The molecule has 0 fully saturated rings. The molecule has 0 aliphatic rings. The summed E-state index contributed by atoms with van der Waals surface area (Å²) in [7, 11) is 0. The molecule has 0 saturated carbocycles. The van der Waals surface area contributed by atoms with Crippen molar-refractivity contribution in [3.05, 3.63) is 11.6 Å². The van der Waals surface area contributed by atoms with Gasteiger partial charge in [-0.3, -0.25) is 4.79 Å². The molecule has 0 bridgehead atoms. The van der Waals surface area contributed by atoms with Gasteiger partial charge in [0.05, 0.1) is 10.9 Å². The number of hydrogen-bond donors (Lipinski definition) is 1. The number of rotatable bonds is 3. The van der Waals surface area contributed by atoms with Gasteiger partial charge in [0.25, 0.3) is 0 Å². The zero-order chi connectivity index (χ0) is 10.6. The molecule has 0 aromatic rings. The third-order valence-corrected chi connectivity index (χ3v) is 1.74. The maximum Gasteiger partial charge on any atom is 0.339 e. The van der Waals surface area contributed by atoms with Crippen LogP contribution in [-0.2, 0) is 9.59 Å². The lowest BCUT2D eigenvalue weighted by Crippen LogP contribution is -2.16. The van der Waals surface area contributed by atoms with E-state index in [1.54, 1.807) is 0 Å². The van der Waals surface area contributed by atoms with E-state index < -0.39 is 11.8 Å². The summed E-state index contributed by atoms with van der Waals surface area (Å²) in [6.07, 6.45) is 1.47. The van der Waals surface area contributed by atoms with Gasteiger partial charge in [-0.2, -0.15) is 0 Å². The molecule has 3 nitrogen and oxygen atoms in total. The molecule has 0 unspecified atom stereocenters. The monoisotopic (exact) mass is 248 g/mol. The molecule has 0 atom stereocenters. The van der Waals surface area contributed by atoms with Crippen LogP contribution in [0, 0.1) is 5.41 Å². The Morgan fingerprint density at radius 1 is 1.38 bits per heavy atom. The first-order valence-corrected chi connectivity index (χ1v) is 4.95. The third kappa shape index (κ3) is 4.83.